The SMILES string of the molecule is C[C@@H](O)[C@H]1C(=O)N2C(C(=O)O)=C(CN3N=C(c4ccccc4)c4cc(C[n+]5ccn(CCO)c5)ccc4S3(=O)=O)[C@H](C)[C@H]12. The Kier molecular flexibility index (Phi) is 7.19. The van der Waals surface area contributed by atoms with E-state index in [0.29, 0.717) is 29.9 Å². The van der Waals surface area contributed by atoms with Crippen molar-refractivity contribution in [1.29, 1.82) is 0 Å². The van der Waals surface area contributed by atoms with Gasteiger partial charge in [-0.3, -0.25) is 4.79 Å². The largest absolute Gasteiger partial charge is 0.477 e. The normalized spacial score (nSPS) is 23.0. The average molecular weight is 607 g/mol. The van der Waals surface area contributed by atoms with E-state index in [-0.39, 0.29) is 29.3 Å². The number of sulfonamides is 1. The fourth-order valence-electron chi connectivity index (χ4n) is 6.34. The first-order valence-electron chi connectivity index (χ1n) is 14.0. The smallest absolute Gasteiger partial charge is 0.352 e. The van der Waals surface area contributed by atoms with Crippen LogP contribution in [0.2, 0.25) is 0 Å². The molecule has 0 radical (unpaired) electrons. The van der Waals surface area contributed by atoms with Crippen molar-refractivity contribution in [2.75, 3.05) is 13.2 Å². The molecule has 12 nitrogen and oxygen atoms in total. The van der Waals surface area contributed by atoms with Gasteiger partial charge in [-0.1, -0.05) is 43.3 Å². The van der Waals surface area contributed by atoms with Crippen molar-refractivity contribution in [1.82, 2.24) is 13.9 Å². The van der Waals surface area contributed by atoms with Crippen LogP contribution in [0, 0.1) is 11.8 Å². The minimum atomic E-state index is -4.21. The molecular weight excluding hydrogens is 574 g/mol. The highest BCUT2D eigenvalue weighted by Gasteiger charge is 2.60. The molecule has 0 unspecified atom stereocenters. The second-order valence-corrected chi connectivity index (χ2v) is 12.9. The lowest BCUT2D eigenvalue weighted by molar-refractivity contribution is -0.687. The molecule has 1 amide bonds. The summed E-state index contributed by atoms with van der Waals surface area (Å²) in [5, 5.41) is 34.1. The summed E-state index contributed by atoms with van der Waals surface area (Å²) in [6, 6.07) is 13.6. The second kappa shape index (κ2) is 10.7. The third-order valence-electron chi connectivity index (χ3n) is 8.41. The lowest BCUT2D eigenvalue weighted by Crippen LogP contribution is -2.63. The van der Waals surface area contributed by atoms with Gasteiger partial charge in [-0.15, -0.1) is 0 Å². The quantitative estimate of drug-likeness (QED) is 0.240. The van der Waals surface area contributed by atoms with Gasteiger partial charge in [-0.2, -0.15) is 17.9 Å². The van der Waals surface area contributed by atoms with Crippen molar-refractivity contribution >= 4 is 27.6 Å². The number of nitrogens with zero attached hydrogens (tertiary/aromatic N) is 5. The molecule has 0 saturated carbocycles. The molecule has 1 fully saturated rings. The molecule has 0 aliphatic carbocycles. The van der Waals surface area contributed by atoms with Crippen LogP contribution >= 0.6 is 0 Å². The number of hydrazone groups is 1. The van der Waals surface area contributed by atoms with Crippen LogP contribution in [-0.4, -0.2) is 80.5 Å². The number of amides is 1. The van der Waals surface area contributed by atoms with Gasteiger partial charge in [-0.25, -0.2) is 13.9 Å². The number of aromatic nitrogens is 2. The highest BCUT2D eigenvalue weighted by Crippen LogP contribution is 2.47. The summed E-state index contributed by atoms with van der Waals surface area (Å²) in [5.41, 5.74) is 2.37. The Hall–Kier alpha value is -4.33. The molecule has 6 rings (SSSR count). The molecule has 4 heterocycles. The Morgan fingerprint density at radius 1 is 1.16 bits per heavy atom. The number of aliphatic hydroxyl groups is 2. The summed E-state index contributed by atoms with van der Waals surface area (Å²) in [7, 11) is -4.21. The second-order valence-electron chi connectivity index (χ2n) is 11.1. The van der Waals surface area contributed by atoms with Crippen molar-refractivity contribution in [3.05, 3.63) is 95.2 Å². The number of rotatable bonds is 9. The fourth-order valence-corrected chi connectivity index (χ4v) is 7.74. The van der Waals surface area contributed by atoms with Gasteiger partial charge in [-0.05, 0) is 30.2 Å². The van der Waals surface area contributed by atoms with Crippen LogP contribution in [0.15, 0.2) is 88.5 Å². The number of aliphatic carboxylic acids is 1. The molecule has 3 N–H and O–H groups in total. The predicted octanol–water partition coefficient (Wildman–Crippen LogP) is 0.769. The lowest BCUT2D eigenvalue weighted by Gasteiger charge is -2.46. The molecule has 4 atom stereocenters. The van der Waals surface area contributed by atoms with Gasteiger partial charge >= 0.3 is 5.97 Å². The van der Waals surface area contributed by atoms with Crippen molar-refractivity contribution in [3.63, 3.8) is 0 Å². The van der Waals surface area contributed by atoms with E-state index in [2.05, 4.69) is 5.10 Å². The maximum atomic E-state index is 14.0. The average Bonchev–Trinajstić information content (AvgIpc) is 3.50. The monoisotopic (exact) mass is 606 g/mol. The van der Waals surface area contributed by atoms with Gasteiger partial charge < -0.3 is 20.2 Å². The van der Waals surface area contributed by atoms with Crippen LogP contribution in [0.25, 0.3) is 0 Å². The van der Waals surface area contributed by atoms with Crippen molar-refractivity contribution < 1.29 is 37.9 Å². The number of carboxylic acid groups (broad SMARTS) is 1. The third-order valence-corrected chi connectivity index (χ3v) is 10.1. The van der Waals surface area contributed by atoms with Crippen LogP contribution in [0.3, 0.4) is 0 Å². The number of hydrogen-bond acceptors (Lipinski definition) is 7. The minimum absolute atomic E-state index is 0.0125. The zero-order chi connectivity index (χ0) is 30.6. The third kappa shape index (κ3) is 4.73. The molecule has 224 valence electrons. The lowest BCUT2D eigenvalue weighted by atomic mass is 9.78. The number of fused-ring (bicyclic) bond motifs is 2. The van der Waals surface area contributed by atoms with Crippen LogP contribution in [-0.2, 0) is 32.7 Å². The van der Waals surface area contributed by atoms with Gasteiger partial charge in [0, 0.05) is 17.0 Å². The number of carbonyl (C=O) groups excluding carboxylic acids is 1. The first-order valence-corrected chi connectivity index (χ1v) is 15.4. The molecule has 3 aromatic rings. The van der Waals surface area contributed by atoms with Crippen LogP contribution in [0.1, 0.15) is 30.5 Å². The van der Waals surface area contributed by atoms with E-state index in [4.69, 9.17) is 0 Å². The standard InChI is InChI=1S/C30H31N5O7S/c1-18-23(28(30(39)40)35-27(18)25(19(2)37)29(35)38)16-34-31-26(21-6-4-3-5-7-21)22-14-20(8-9-24(22)43(34,41)42)15-33-11-10-32(17-33)12-13-36/h3-11,14,17-19,25,27,36-37H,12-13,15-16H2,1-2H3/p+1/t18-,19+,25+,27+/m0/s1. The van der Waals surface area contributed by atoms with Crippen LogP contribution in [0.5, 0.6) is 0 Å². The Balaban J connectivity index is 1.41. The number of aliphatic hydroxyl groups excluding tert-OH is 2. The maximum Gasteiger partial charge on any atom is 0.352 e. The van der Waals surface area contributed by atoms with E-state index in [1.54, 1.807) is 25.1 Å². The van der Waals surface area contributed by atoms with E-state index in [1.807, 2.05) is 58.2 Å². The van der Waals surface area contributed by atoms with Gasteiger partial charge in [0.25, 0.3) is 10.0 Å². The Bertz CT molecular complexity index is 1780. The van der Waals surface area contributed by atoms with E-state index in [1.165, 1.54) is 11.8 Å². The number of hydrogen-bond donors (Lipinski definition) is 3. The molecule has 0 spiro atoms. The Morgan fingerprint density at radius 3 is 2.58 bits per heavy atom. The summed E-state index contributed by atoms with van der Waals surface area (Å²) in [6.07, 6.45) is 4.59. The van der Waals surface area contributed by atoms with Gasteiger partial charge in [0.1, 0.15) is 36.9 Å². The summed E-state index contributed by atoms with van der Waals surface area (Å²) >= 11 is 0. The molecule has 13 heteroatoms. The molecule has 3 aliphatic heterocycles. The maximum absolute atomic E-state index is 14.0. The number of carboxylic acids is 1. The van der Waals surface area contributed by atoms with E-state index in [0.717, 1.165) is 9.98 Å². The molecule has 43 heavy (non-hydrogen) atoms. The number of carbonyl (C=O) groups is 2. The topological polar surface area (TPSA) is 157 Å². The van der Waals surface area contributed by atoms with Gasteiger partial charge in [0.2, 0.25) is 12.2 Å². The number of β-lactam (4-membered cyclic amide) rings is 1. The highest BCUT2D eigenvalue weighted by molar-refractivity contribution is 7.89. The number of imidazole rings is 1. The Morgan fingerprint density at radius 2 is 1.91 bits per heavy atom. The van der Waals surface area contributed by atoms with Crippen molar-refractivity contribution in [2.24, 2.45) is 16.9 Å². The fraction of sp³-hybridized carbons (Fsp3) is 0.333. The first kappa shape index (κ1) is 28.8. The summed E-state index contributed by atoms with van der Waals surface area (Å²) in [5.74, 6) is -3.09. The molecule has 3 aliphatic rings. The van der Waals surface area contributed by atoms with Crippen molar-refractivity contribution in [2.45, 2.75) is 44.0 Å². The predicted molar refractivity (Wildman–Crippen MR) is 153 cm³/mol. The van der Waals surface area contributed by atoms with Crippen LogP contribution < -0.4 is 4.57 Å². The van der Waals surface area contributed by atoms with Gasteiger partial charge in [0.15, 0.2) is 0 Å². The Labute approximate surface area is 248 Å². The summed E-state index contributed by atoms with van der Waals surface area (Å²) < 4.78 is 32.7. The zero-order valence-corrected chi connectivity index (χ0v) is 24.4. The van der Waals surface area contributed by atoms with E-state index < -0.39 is 45.9 Å². The molecule has 2 aromatic carbocycles. The summed E-state index contributed by atoms with van der Waals surface area (Å²) in [4.78, 5) is 26.4. The van der Waals surface area contributed by atoms with Gasteiger partial charge in [0.05, 0.1) is 36.1 Å². The van der Waals surface area contributed by atoms with Crippen molar-refractivity contribution in [3.8, 4) is 0 Å². The molecular formula is C30H32N5O7S+. The minimum Gasteiger partial charge on any atom is -0.477 e. The first-order chi connectivity index (χ1) is 20.5. The summed E-state index contributed by atoms with van der Waals surface area (Å²) in [6.45, 7) is 3.81. The van der Waals surface area contributed by atoms with Crippen LogP contribution in [0.4, 0.5) is 0 Å². The highest BCUT2D eigenvalue weighted by atomic mass is 32.2. The van der Waals surface area contributed by atoms with E-state index >= 15 is 0 Å². The zero-order valence-electron chi connectivity index (χ0n) is 23.6. The molecule has 1 aromatic heterocycles. The molecule has 0 bridgehead atoms. The molecule has 1 saturated heterocycles. The number of benzene rings is 2. The van der Waals surface area contributed by atoms with E-state index in [9.17, 15) is 33.3 Å².